The molecule has 2 aromatic carbocycles. The summed E-state index contributed by atoms with van der Waals surface area (Å²) in [4.78, 5) is 20.2. The van der Waals surface area contributed by atoms with Crippen LogP contribution in [-0.4, -0.2) is 32.8 Å². The molecule has 0 unspecified atom stereocenters. The van der Waals surface area contributed by atoms with Gasteiger partial charge in [-0.2, -0.15) is 0 Å². The van der Waals surface area contributed by atoms with E-state index in [1.807, 2.05) is 19.1 Å². The van der Waals surface area contributed by atoms with Gasteiger partial charge in [0.25, 0.3) is 0 Å². The fourth-order valence-electron chi connectivity index (χ4n) is 3.22. The Morgan fingerprint density at radius 2 is 1.77 bits per heavy atom. The zero-order valence-corrected chi connectivity index (χ0v) is 16.0. The predicted molar refractivity (Wildman–Crippen MR) is 110 cm³/mol. The van der Waals surface area contributed by atoms with Crippen molar-refractivity contribution in [2.75, 3.05) is 6.61 Å². The second-order valence-corrected chi connectivity index (χ2v) is 6.55. The van der Waals surface area contributed by atoms with Crippen molar-refractivity contribution in [2.45, 2.75) is 6.92 Å². The second kappa shape index (κ2) is 7.79. The van der Waals surface area contributed by atoms with E-state index in [-0.39, 0.29) is 22.5 Å². The first kappa shape index (κ1) is 19.3. The summed E-state index contributed by atoms with van der Waals surface area (Å²) in [7, 11) is 0. The van der Waals surface area contributed by atoms with Gasteiger partial charge in [-0.05, 0) is 61.0 Å². The van der Waals surface area contributed by atoms with Gasteiger partial charge in [0.1, 0.15) is 11.6 Å². The summed E-state index contributed by atoms with van der Waals surface area (Å²) in [6.07, 6.45) is 0. The zero-order valence-electron chi connectivity index (χ0n) is 16.0. The average molecular weight is 404 g/mol. The van der Waals surface area contributed by atoms with Gasteiger partial charge in [-0.15, -0.1) is 0 Å². The SMILES string of the molecule is CCOc1ccc(-c2ccc(-c3cc(C(=O)O)c4cc(F)ccc4n3)nc2O)cc1. The molecule has 0 bridgehead atoms. The van der Waals surface area contributed by atoms with Gasteiger partial charge in [-0.1, -0.05) is 12.1 Å². The number of nitrogens with zero attached hydrogens (tertiary/aromatic N) is 2. The maximum Gasteiger partial charge on any atom is 0.336 e. The highest BCUT2D eigenvalue weighted by Gasteiger charge is 2.16. The topological polar surface area (TPSA) is 92.5 Å². The molecule has 0 radical (unpaired) electrons. The number of aromatic nitrogens is 2. The van der Waals surface area contributed by atoms with Crippen LogP contribution in [0.1, 0.15) is 17.3 Å². The fourth-order valence-corrected chi connectivity index (χ4v) is 3.22. The summed E-state index contributed by atoms with van der Waals surface area (Å²) >= 11 is 0. The van der Waals surface area contributed by atoms with Crippen LogP contribution in [0.4, 0.5) is 4.39 Å². The number of fused-ring (bicyclic) bond motifs is 1. The number of pyridine rings is 2. The first-order valence-corrected chi connectivity index (χ1v) is 9.23. The molecule has 30 heavy (non-hydrogen) atoms. The summed E-state index contributed by atoms with van der Waals surface area (Å²) < 4.78 is 19.0. The standard InChI is InChI=1S/C23H17FN2O4/c1-2-30-15-6-3-13(4-7-15)16-8-10-20(26-22(16)27)21-12-18(23(28)29)17-11-14(24)5-9-19(17)25-21/h3-12H,2H2,1H3,(H,26,27)(H,28,29). The average Bonchev–Trinajstić information content (AvgIpc) is 2.73. The van der Waals surface area contributed by atoms with Gasteiger partial charge in [0.05, 0.1) is 29.1 Å². The third-order valence-corrected chi connectivity index (χ3v) is 4.62. The Labute approximate surface area is 171 Å². The monoisotopic (exact) mass is 404 g/mol. The van der Waals surface area contributed by atoms with E-state index in [4.69, 9.17) is 4.74 Å². The number of halogens is 1. The lowest BCUT2D eigenvalue weighted by atomic mass is 10.0. The van der Waals surface area contributed by atoms with Crippen molar-refractivity contribution in [3.63, 3.8) is 0 Å². The fraction of sp³-hybridized carbons (Fsp3) is 0.0870. The van der Waals surface area contributed by atoms with E-state index in [1.54, 1.807) is 24.3 Å². The summed E-state index contributed by atoms with van der Waals surface area (Å²) in [6, 6.07) is 15.6. The van der Waals surface area contributed by atoms with Gasteiger partial charge in [0.2, 0.25) is 5.88 Å². The Bertz CT molecular complexity index is 1260. The van der Waals surface area contributed by atoms with Crippen LogP contribution in [0.2, 0.25) is 0 Å². The van der Waals surface area contributed by atoms with E-state index in [0.29, 0.717) is 23.4 Å². The summed E-state index contributed by atoms with van der Waals surface area (Å²) in [6.45, 7) is 2.46. The van der Waals surface area contributed by atoms with Crippen molar-refractivity contribution >= 4 is 16.9 Å². The van der Waals surface area contributed by atoms with Crippen LogP contribution in [0.15, 0.2) is 60.7 Å². The first-order valence-electron chi connectivity index (χ1n) is 9.23. The Balaban J connectivity index is 1.76. The van der Waals surface area contributed by atoms with E-state index in [0.717, 1.165) is 17.4 Å². The number of ether oxygens (including phenoxy) is 1. The molecule has 0 saturated heterocycles. The second-order valence-electron chi connectivity index (χ2n) is 6.55. The maximum absolute atomic E-state index is 13.6. The molecule has 4 aromatic rings. The minimum atomic E-state index is -1.20. The molecule has 0 aliphatic heterocycles. The Kier molecular flexibility index (Phi) is 5.02. The number of carboxylic acids is 1. The Hall–Kier alpha value is -4.00. The lowest BCUT2D eigenvalue weighted by molar-refractivity contribution is 0.0699. The van der Waals surface area contributed by atoms with E-state index in [1.165, 1.54) is 18.2 Å². The highest BCUT2D eigenvalue weighted by molar-refractivity contribution is 6.03. The van der Waals surface area contributed by atoms with Crippen LogP contribution in [0.5, 0.6) is 11.6 Å². The molecule has 0 fully saturated rings. The third kappa shape index (κ3) is 3.65. The van der Waals surface area contributed by atoms with Crippen molar-refractivity contribution in [1.29, 1.82) is 0 Å². The number of hydrogen-bond acceptors (Lipinski definition) is 5. The van der Waals surface area contributed by atoms with E-state index < -0.39 is 11.8 Å². The van der Waals surface area contributed by atoms with Crippen LogP contribution < -0.4 is 4.74 Å². The van der Waals surface area contributed by atoms with Crippen LogP contribution in [0.25, 0.3) is 33.4 Å². The number of aromatic carboxylic acids is 1. The van der Waals surface area contributed by atoms with E-state index in [9.17, 15) is 19.4 Å². The lowest BCUT2D eigenvalue weighted by Crippen LogP contribution is -2.01. The molecule has 0 saturated carbocycles. The van der Waals surface area contributed by atoms with Gasteiger partial charge in [-0.25, -0.2) is 19.2 Å². The minimum absolute atomic E-state index is 0.0913. The largest absolute Gasteiger partial charge is 0.494 e. The van der Waals surface area contributed by atoms with Gasteiger partial charge in [-0.3, -0.25) is 0 Å². The molecule has 4 rings (SSSR count). The molecule has 6 nitrogen and oxygen atoms in total. The van der Waals surface area contributed by atoms with Crippen molar-refractivity contribution < 1.29 is 24.1 Å². The molecule has 2 N–H and O–H groups in total. The summed E-state index contributed by atoms with van der Waals surface area (Å²) in [5.41, 5.74) is 2.07. The van der Waals surface area contributed by atoms with Crippen molar-refractivity contribution in [3.8, 4) is 34.1 Å². The third-order valence-electron chi connectivity index (χ3n) is 4.62. The predicted octanol–water partition coefficient (Wildman–Crippen LogP) is 4.91. The molecular weight excluding hydrogens is 387 g/mol. The number of carbonyl (C=O) groups is 1. The molecule has 0 aliphatic carbocycles. The van der Waals surface area contributed by atoms with Crippen molar-refractivity contribution in [1.82, 2.24) is 9.97 Å². The van der Waals surface area contributed by atoms with Crippen LogP contribution in [-0.2, 0) is 0 Å². The van der Waals surface area contributed by atoms with E-state index >= 15 is 0 Å². The molecule has 0 aliphatic rings. The number of hydrogen-bond donors (Lipinski definition) is 2. The summed E-state index contributed by atoms with van der Waals surface area (Å²) in [5, 5.41) is 20.2. The van der Waals surface area contributed by atoms with Crippen LogP contribution in [0.3, 0.4) is 0 Å². The van der Waals surface area contributed by atoms with Crippen LogP contribution in [0, 0.1) is 5.82 Å². The van der Waals surface area contributed by atoms with Gasteiger partial charge >= 0.3 is 5.97 Å². The Morgan fingerprint density at radius 1 is 1.00 bits per heavy atom. The van der Waals surface area contributed by atoms with Crippen LogP contribution >= 0.6 is 0 Å². The zero-order chi connectivity index (χ0) is 21.3. The molecular formula is C23H17FN2O4. The number of carboxylic acid groups (broad SMARTS) is 1. The highest BCUT2D eigenvalue weighted by atomic mass is 19.1. The van der Waals surface area contributed by atoms with Gasteiger partial charge in [0, 0.05) is 10.9 Å². The molecule has 2 heterocycles. The minimum Gasteiger partial charge on any atom is -0.494 e. The van der Waals surface area contributed by atoms with Gasteiger partial charge in [0.15, 0.2) is 0 Å². The quantitative estimate of drug-likeness (QED) is 0.491. The lowest BCUT2D eigenvalue weighted by Gasteiger charge is -2.10. The number of rotatable bonds is 5. The molecule has 2 aromatic heterocycles. The molecule has 7 heteroatoms. The normalized spacial score (nSPS) is 10.9. The van der Waals surface area contributed by atoms with Gasteiger partial charge < -0.3 is 14.9 Å². The maximum atomic E-state index is 13.6. The number of benzene rings is 2. The smallest absolute Gasteiger partial charge is 0.336 e. The molecule has 0 atom stereocenters. The highest BCUT2D eigenvalue weighted by Crippen LogP contribution is 2.32. The molecule has 0 spiro atoms. The Morgan fingerprint density at radius 3 is 2.43 bits per heavy atom. The summed E-state index contributed by atoms with van der Waals surface area (Å²) in [5.74, 6) is -1.24. The van der Waals surface area contributed by atoms with Crippen molar-refractivity contribution in [2.24, 2.45) is 0 Å². The molecule has 150 valence electrons. The van der Waals surface area contributed by atoms with E-state index in [2.05, 4.69) is 9.97 Å². The number of aromatic hydroxyl groups is 1. The first-order chi connectivity index (χ1) is 14.5. The van der Waals surface area contributed by atoms with Crippen molar-refractivity contribution in [3.05, 3.63) is 72.0 Å². The molecule has 0 amide bonds.